The number of halogens is 1. The Hall–Kier alpha value is 0.187. The van der Waals surface area contributed by atoms with Crippen LogP contribution in [0.1, 0.15) is 46.5 Å². The summed E-state index contributed by atoms with van der Waals surface area (Å²) in [5.41, 5.74) is 0. The Labute approximate surface area is 227 Å². The maximum absolute atomic E-state index is 6.07. The van der Waals surface area contributed by atoms with Gasteiger partial charge in [-0.25, -0.2) is 0 Å². The molecule has 0 saturated carbocycles. The van der Waals surface area contributed by atoms with Gasteiger partial charge in [-0.2, -0.15) is 0 Å². The lowest BCUT2D eigenvalue weighted by Gasteiger charge is -2.36. The van der Waals surface area contributed by atoms with Crippen molar-refractivity contribution in [1.82, 2.24) is 0 Å². The van der Waals surface area contributed by atoms with Crippen molar-refractivity contribution in [1.29, 1.82) is 0 Å². The highest BCUT2D eigenvalue weighted by molar-refractivity contribution is 6.74. The van der Waals surface area contributed by atoms with Crippen LogP contribution >= 0.6 is 11.6 Å². The van der Waals surface area contributed by atoms with Gasteiger partial charge < -0.3 is 37.6 Å². The summed E-state index contributed by atoms with van der Waals surface area (Å²) in [7, 11) is -1.68. The van der Waals surface area contributed by atoms with E-state index in [1.807, 2.05) is 0 Å². The molecule has 0 aromatic rings. The zero-order valence-electron chi connectivity index (χ0n) is 23.8. The Morgan fingerprint density at radius 2 is 0.750 bits per heavy atom. The molecule has 218 valence electrons. The fourth-order valence-electron chi connectivity index (χ4n) is 2.65. The minimum atomic E-state index is -1.68. The van der Waals surface area contributed by atoms with Crippen LogP contribution in [0.4, 0.5) is 0 Å². The Bertz CT molecular complexity index is 452. The molecule has 0 fully saturated rings. The molecule has 0 amide bonds. The quantitative estimate of drug-likeness (QED) is 0.0760. The SMILES string of the molecule is CC(C)(C)[Si](C)(C)OCCOCCOCCOCCOCCOCCOCCOCCCCCCCl. The Morgan fingerprint density at radius 1 is 0.444 bits per heavy atom. The van der Waals surface area contributed by atoms with Gasteiger partial charge in [-0.3, -0.25) is 0 Å². The van der Waals surface area contributed by atoms with Gasteiger partial charge in [0.15, 0.2) is 8.32 Å². The summed E-state index contributed by atoms with van der Waals surface area (Å²) in [6.45, 7) is 20.0. The van der Waals surface area contributed by atoms with E-state index in [1.165, 1.54) is 12.8 Å². The first kappa shape index (κ1) is 36.2. The van der Waals surface area contributed by atoms with Gasteiger partial charge in [0, 0.05) is 12.5 Å². The number of alkyl halides is 1. The van der Waals surface area contributed by atoms with Crippen LogP contribution in [0.5, 0.6) is 0 Å². The molecule has 8 nitrogen and oxygen atoms in total. The summed E-state index contributed by atoms with van der Waals surface area (Å²) in [4.78, 5) is 0. The number of hydrogen-bond acceptors (Lipinski definition) is 8. The topological polar surface area (TPSA) is 73.8 Å². The predicted molar refractivity (Wildman–Crippen MR) is 148 cm³/mol. The minimum absolute atomic E-state index is 0.227. The van der Waals surface area contributed by atoms with Crippen molar-refractivity contribution in [3.05, 3.63) is 0 Å². The zero-order valence-corrected chi connectivity index (χ0v) is 25.5. The van der Waals surface area contributed by atoms with Gasteiger partial charge in [0.2, 0.25) is 0 Å². The van der Waals surface area contributed by atoms with Crippen molar-refractivity contribution >= 4 is 19.9 Å². The van der Waals surface area contributed by atoms with Gasteiger partial charge in [0.05, 0.1) is 92.5 Å². The molecule has 0 aromatic carbocycles. The molecule has 0 rings (SSSR count). The maximum Gasteiger partial charge on any atom is 0.192 e. The summed E-state index contributed by atoms with van der Waals surface area (Å²) >= 11 is 5.64. The van der Waals surface area contributed by atoms with E-state index in [4.69, 9.17) is 49.2 Å². The van der Waals surface area contributed by atoms with Crippen molar-refractivity contribution in [2.45, 2.75) is 64.6 Å². The van der Waals surface area contributed by atoms with Crippen LogP contribution in [0, 0.1) is 0 Å². The van der Waals surface area contributed by atoms with Gasteiger partial charge >= 0.3 is 0 Å². The molecule has 0 N–H and O–H groups in total. The second kappa shape index (κ2) is 25.5. The Morgan fingerprint density at radius 3 is 1.08 bits per heavy atom. The third-order valence-electron chi connectivity index (χ3n) is 5.90. The third-order valence-corrected chi connectivity index (χ3v) is 10.7. The number of hydrogen-bond donors (Lipinski definition) is 0. The van der Waals surface area contributed by atoms with E-state index in [1.54, 1.807) is 0 Å². The number of ether oxygens (including phenoxy) is 7. The van der Waals surface area contributed by atoms with E-state index in [9.17, 15) is 0 Å². The molecule has 0 atom stereocenters. The summed E-state index contributed by atoms with van der Waals surface area (Å²) in [5, 5.41) is 0.227. The maximum atomic E-state index is 6.07. The highest BCUT2D eigenvalue weighted by atomic mass is 35.5. The van der Waals surface area contributed by atoms with E-state index in [0.717, 1.165) is 25.3 Å². The average Bonchev–Trinajstić information content (AvgIpc) is 2.82. The van der Waals surface area contributed by atoms with Crippen molar-refractivity contribution in [2.24, 2.45) is 0 Å². The second-order valence-corrected chi connectivity index (χ2v) is 15.2. The van der Waals surface area contributed by atoms with Crippen LogP contribution < -0.4 is 0 Å². The monoisotopic (exact) mass is 558 g/mol. The second-order valence-electron chi connectivity index (χ2n) is 10.00. The first-order valence-corrected chi connectivity index (χ1v) is 17.0. The molecule has 0 aliphatic carbocycles. The van der Waals surface area contributed by atoms with E-state index >= 15 is 0 Å². The molecule has 0 bridgehead atoms. The van der Waals surface area contributed by atoms with Crippen molar-refractivity contribution in [2.75, 3.05) is 105 Å². The molecular weight excluding hydrogens is 504 g/mol. The van der Waals surface area contributed by atoms with Crippen LogP contribution in [0.15, 0.2) is 0 Å². The minimum Gasteiger partial charge on any atom is -0.414 e. The molecule has 0 saturated heterocycles. The lowest BCUT2D eigenvalue weighted by atomic mass is 10.2. The van der Waals surface area contributed by atoms with Gasteiger partial charge in [-0.1, -0.05) is 33.6 Å². The van der Waals surface area contributed by atoms with Gasteiger partial charge in [-0.15, -0.1) is 11.6 Å². The van der Waals surface area contributed by atoms with E-state index in [-0.39, 0.29) is 5.04 Å². The molecule has 0 spiro atoms. The highest BCUT2D eigenvalue weighted by Crippen LogP contribution is 2.36. The molecule has 0 heterocycles. The van der Waals surface area contributed by atoms with Gasteiger partial charge in [-0.05, 0) is 31.0 Å². The summed E-state index contributed by atoms with van der Waals surface area (Å²) in [5.74, 6) is 0.750. The fourth-order valence-corrected chi connectivity index (χ4v) is 3.86. The molecule has 36 heavy (non-hydrogen) atoms. The van der Waals surface area contributed by atoms with Crippen LogP contribution in [0.2, 0.25) is 18.1 Å². The van der Waals surface area contributed by atoms with Crippen molar-refractivity contribution in [3.8, 4) is 0 Å². The van der Waals surface area contributed by atoms with Crippen LogP contribution in [-0.2, 0) is 37.6 Å². The zero-order chi connectivity index (χ0) is 26.8. The van der Waals surface area contributed by atoms with E-state index in [2.05, 4.69) is 33.9 Å². The largest absolute Gasteiger partial charge is 0.414 e. The molecule has 0 aromatic heterocycles. The molecule has 0 aliphatic rings. The summed E-state index contributed by atoms with van der Waals surface area (Å²) in [6, 6.07) is 0. The summed E-state index contributed by atoms with van der Waals surface area (Å²) in [6.07, 6.45) is 4.53. The normalized spacial score (nSPS) is 12.5. The Kier molecular flexibility index (Phi) is 25.6. The van der Waals surface area contributed by atoms with Gasteiger partial charge in [0.25, 0.3) is 0 Å². The average molecular weight is 559 g/mol. The predicted octanol–water partition coefficient (Wildman–Crippen LogP) is 4.92. The summed E-state index contributed by atoms with van der Waals surface area (Å²) < 4.78 is 44.6. The molecule has 10 heteroatoms. The van der Waals surface area contributed by atoms with Crippen LogP contribution in [-0.4, -0.2) is 113 Å². The van der Waals surface area contributed by atoms with Gasteiger partial charge in [0.1, 0.15) is 0 Å². The fraction of sp³-hybridized carbons (Fsp3) is 1.00. The molecule has 0 unspecified atom stereocenters. The lowest BCUT2D eigenvalue weighted by molar-refractivity contribution is -0.0214. The van der Waals surface area contributed by atoms with Crippen LogP contribution in [0.3, 0.4) is 0 Å². The number of rotatable bonds is 28. The smallest absolute Gasteiger partial charge is 0.192 e. The Balaban J connectivity index is 3.13. The van der Waals surface area contributed by atoms with Crippen molar-refractivity contribution < 1.29 is 37.6 Å². The third kappa shape index (κ3) is 24.5. The first-order valence-electron chi connectivity index (χ1n) is 13.6. The van der Waals surface area contributed by atoms with Crippen molar-refractivity contribution in [3.63, 3.8) is 0 Å². The van der Waals surface area contributed by atoms with E-state index < -0.39 is 8.32 Å². The van der Waals surface area contributed by atoms with E-state index in [0.29, 0.717) is 92.5 Å². The standard InChI is InChI=1S/C26H55ClO8Si/c1-26(2,3)36(4,5)35-25-24-34-23-22-33-21-20-32-19-18-31-17-16-30-15-14-29-13-12-28-11-9-7-6-8-10-27/h6-25H2,1-5H3. The van der Waals surface area contributed by atoms with Crippen LogP contribution in [0.25, 0.3) is 0 Å². The lowest BCUT2D eigenvalue weighted by Crippen LogP contribution is -2.41. The molecule has 0 aliphatic heterocycles. The first-order chi connectivity index (χ1) is 17.3. The molecular formula is C26H55ClO8Si. The molecule has 0 radical (unpaired) electrons. The number of unbranched alkanes of at least 4 members (excludes halogenated alkanes) is 3. The highest BCUT2D eigenvalue weighted by Gasteiger charge is 2.36.